The van der Waals surface area contributed by atoms with E-state index in [1.165, 1.54) is 7.11 Å². The Balaban J connectivity index is 5.02. The molecule has 0 atom stereocenters. The molecule has 0 aliphatic heterocycles. The minimum atomic E-state index is -3.70. The van der Waals surface area contributed by atoms with Crippen LogP contribution in [0.2, 0.25) is 0 Å². The van der Waals surface area contributed by atoms with Gasteiger partial charge in [0.25, 0.3) is 0 Å². The summed E-state index contributed by atoms with van der Waals surface area (Å²) < 4.78 is 32.3. The third-order valence-electron chi connectivity index (χ3n) is 2.23. The van der Waals surface area contributed by atoms with Crippen LogP contribution in [0.1, 0.15) is 40.5 Å². The van der Waals surface area contributed by atoms with Crippen molar-refractivity contribution >= 4 is 13.8 Å². The van der Waals surface area contributed by atoms with Crippen molar-refractivity contribution in [1.82, 2.24) is 0 Å². The van der Waals surface area contributed by atoms with Gasteiger partial charge in [0, 0.05) is 6.42 Å². The average Bonchev–Trinajstić information content (AvgIpc) is 2.38. The number of rotatable bonds is 10. The van der Waals surface area contributed by atoms with Crippen molar-refractivity contribution in [2.24, 2.45) is 0 Å². The van der Waals surface area contributed by atoms with Crippen LogP contribution >= 0.6 is 7.82 Å². The van der Waals surface area contributed by atoms with E-state index < -0.39 is 13.8 Å². The molecular formula is C14H25O6P. The minimum Gasteiger partial charge on any atom is -0.466 e. The van der Waals surface area contributed by atoms with Crippen molar-refractivity contribution in [3.05, 3.63) is 23.5 Å². The second-order valence-electron chi connectivity index (χ2n) is 4.33. The van der Waals surface area contributed by atoms with Crippen molar-refractivity contribution in [1.29, 1.82) is 0 Å². The van der Waals surface area contributed by atoms with E-state index in [2.05, 4.69) is 4.74 Å². The fraction of sp³-hybridized carbons (Fsp3) is 0.643. The van der Waals surface area contributed by atoms with Gasteiger partial charge in [0.15, 0.2) is 0 Å². The molecule has 0 N–H and O–H groups in total. The van der Waals surface area contributed by atoms with Crippen LogP contribution in [-0.2, 0) is 27.7 Å². The Labute approximate surface area is 126 Å². The van der Waals surface area contributed by atoms with Crippen molar-refractivity contribution in [3.63, 3.8) is 0 Å². The molecule has 0 fully saturated rings. The molecule has 0 rings (SSSR count). The van der Waals surface area contributed by atoms with E-state index in [9.17, 15) is 9.36 Å². The lowest BCUT2D eigenvalue weighted by Crippen LogP contribution is -2.03. The summed E-state index contributed by atoms with van der Waals surface area (Å²) >= 11 is 0. The molecule has 6 nitrogen and oxygen atoms in total. The van der Waals surface area contributed by atoms with E-state index in [0.717, 1.165) is 11.6 Å². The average molecular weight is 320 g/mol. The van der Waals surface area contributed by atoms with E-state index >= 15 is 0 Å². The zero-order chi connectivity index (χ0) is 16.3. The fourth-order valence-electron chi connectivity index (χ4n) is 1.39. The van der Waals surface area contributed by atoms with Gasteiger partial charge in [-0.2, -0.15) is 0 Å². The molecule has 0 spiro atoms. The molecule has 0 aliphatic rings. The highest BCUT2D eigenvalue weighted by atomic mass is 31.2. The van der Waals surface area contributed by atoms with Gasteiger partial charge >= 0.3 is 13.8 Å². The van der Waals surface area contributed by atoms with Crippen LogP contribution in [0.15, 0.2) is 23.5 Å². The summed E-state index contributed by atoms with van der Waals surface area (Å²) in [6.07, 6.45) is 4.18. The van der Waals surface area contributed by atoms with Crippen LogP contribution in [-0.4, -0.2) is 26.3 Å². The smallest absolute Gasteiger partial charge is 0.466 e. The molecule has 0 aromatic rings. The van der Waals surface area contributed by atoms with Crippen molar-refractivity contribution in [2.45, 2.75) is 40.5 Å². The molecule has 0 bridgehead atoms. The Bertz CT molecular complexity index is 413. The summed E-state index contributed by atoms with van der Waals surface area (Å²) in [6.45, 7) is 7.66. The van der Waals surface area contributed by atoms with Gasteiger partial charge in [0.2, 0.25) is 0 Å². The maximum absolute atomic E-state index is 12.3. The Morgan fingerprint density at radius 3 is 2.14 bits per heavy atom. The molecular weight excluding hydrogens is 295 g/mol. The number of hydrogen-bond donors (Lipinski definition) is 0. The van der Waals surface area contributed by atoms with E-state index in [-0.39, 0.29) is 19.0 Å². The zero-order valence-electron chi connectivity index (χ0n) is 13.4. The first kappa shape index (κ1) is 19.9. The maximum atomic E-state index is 12.3. The minimum absolute atomic E-state index is 0.177. The molecule has 0 saturated heterocycles. The highest BCUT2D eigenvalue weighted by Gasteiger charge is 2.28. The summed E-state index contributed by atoms with van der Waals surface area (Å²) in [7, 11) is -2.44. The molecule has 0 heterocycles. The lowest BCUT2D eigenvalue weighted by atomic mass is 10.2. The summed E-state index contributed by atoms with van der Waals surface area (Å²) in [4.78, 5) is 11.4. The molecule has 0 radical (unpaired) electrons. The highest BCUT2D eigenvalue weighted by molar-refractivity contribution is 7.48. The van der Waals surface area contributed by atoms with Crippen LogP contribution in [0.25, 0.3) is 0 Å². The quantitative estimate of drug-likeness (QED) is 0.199. The third kappa shape index (κ3) is 9.45. The number of carbonyl (C=O) groups excluding carboxylic acids is 1. The number of ether oxygens (including phenoxy) is 1. The predicted octanol–water partition coefficient (Wildman–Crippen LogP) is 3.99. The summed E-state index contributed by atoms with van der Waals surface area (Å²) in [6, 6.07) is 0. The molecule has 7 heteroatoms. The summed E-state index contributed by atoms with van der Waals surface area (Å²) in [5.74, 6) is -0.369. The van der Waals surface area contributed by atoms with Crippen molar-refractivity contribution < 1.29 is 27.7 Å². The summed E-state index contributed by atoms with van der Waals surface area (Å²) in [5, 5.41) is 0. The third-order valence-corrected chi connectivity index (χ3v) is 3.83. The predicted molar refractivity (Wildman–Crippen MR) is 80.7 cm³/mol. The Hall–Kier alpha value is -1.10. The second-order valence-corrected chi connectivity index (χ2v) is 5.92. The fourth-order valence-corrected chi connectivity index (χ4v) is 2.63. The highest BCUT2D eigenvalue weighted by Crippen LogP contribution is 2.51. The first-order chi connectivity index (χ1) is 9.86. The van der Waals surface area contributed by atoms with Gasteiger partial charge in [0.05, 0.1) is 26.4 Å². The van der Waals surface area contributed by atoms with Gasteiger partial charge in [-0.05, 0) is 34.1 Å². The molecule has 0 aromatic carbocycles. The first-order valence-electron chi connectivity index (χ1n) is 6.87. The van der Waals surface area contributed by atoms with Crippen molar-refractivity contribution in [2.75, 3.05) is 20.3 Å². The zero-order valence-corrected chi connectivity index (χ0v) is 14.3. The van der Waals surface area contributed by atoms with Gasteiger partial charge in [0.1, 0.15) is 5.76 Å². The van der Waals surface area contributed by atoms with Gasteiger partial charge in [-0.15, -0.1) is 0 Å². The van der Waals surface area contributed by atoms with Gasteiger partial charge < -0.3 is 9.26 Å². The standard InChI is InChI=1S/C14H25O6P/c1-6-18-21(16,19-7-2)20-13(11-14(15)17-5)10-8-9-12(3)4/h9,11H,6-8,10H2,1-5H3/b13-11-. The number of methoxy groups -OCH3 is 1. The number of hydrogen-bond acceptors (Lipinski definition) is 6. The van der Waals surface area contributed by atoms with Crippen LogP contribution < -0.4 is 0 Å². The molecule has 0 aliphatic carbocycles. The SMILES string of the molecule is CCOP(=O)(OCC)O/C(=C\C(=O)OC)CCC=C(C)C. The number of phosphoric acid groups is 1. The largest absolute Gasteiger partial charge is 0.529 e. The van der Waals surface area contributed by atoms with Crippen LogP contribution in [0.4, 0.5) is 0 Å². The molecule has 21 heavy (non-hydrogen) atoms. The molecule has 0 saturated carbocycles. The Morgan fingerprint density at radius 1 is 1.14 bits per heavy atom. The second kappa shape index (κ2) is 10.6. The lowest BCUT2D eigenvalue weighted by Gasteiger charge is -2.18. The van der Waals surface area contributed by atoms with E-state index in [1.54, 1.807) is 13.8 Å². The number of allylic oxidation sites excluding steroid dienone is 3. The van der Waals surface area contributed by atoms with Crippen molar-refractivity contribution in [3.8, 4) is 0 Å². The molecule has 122 valence electrons. The van der Waals surface area contributed by atoms with E-state index in [4.69, 9.17) is 13.6 Å². The molecule has 0 aromatic heterocycles. The van der Waals surface area contributed by atoms with Crippen LogP contribution in [0.3, 0.4) is 0 Å². The van der Waals surface area contributed by atoms with E-state index in [0.29, 0.717) is 12.8 Å². The number of phosphoric ester groups is 1. The first-order valence-corrected chi connectivity index (χ1v) is 8.33. The molecule has 0 amide bonds. The Kier molecular flexibility index (Phi) is 10.0. The summed E-state index contributed by atoms with van der Waals surface area (Å²) in [5.41, 5.74) is 1.14. The topological polar surface area (TPSA) is 71.1 Å². The number of carbonyl (C=O) groups is 1. The monoisotopic (exact) mass is 320 g/mol. The van der Waals surface area contributed by atoms with Crippen LogP contribution in [0.5, 0.6) is 0 Å². The number of esters is 1. The lowest BCUT2D eigenvalue weighted by molar-refractivity contribution is -0.135. The molecule has 0 unspecified atom stereocenters. The normalized spacial score (nSPS) is 12.0. The van der Waals surface area contributed by atoms with Gasteiger partial charge in [-0.25, -0.2) is 9.36 Å². The van der Waals surface area contributed by atoms with Gasteiger partial charge in [-0.3, -0.25) is 9.05 Å². The Morgan fingerprint density at radius 2 is 1.71 bits per heavy atom. The van der Waals surface area contributed by atoms with E-state index in [1.807, 2.05) is 19.9 Å². The maximum Gasteiger partial charge on any atom is 0.529 e. The van der Waals surface area contributed by atoms with Crippen LogP contribution in [0, 0.1) is 0 Å². The van der Waals surface area contributed by atoms with Gasteiger partial charge in [-0.1, -0.05) is 11.6 Å².